The van der Waals surface area contributed by atoms with Gasteiger partial charge < -0.3 is 4.90 Å². The number of aryl methyl sites for hydroxylation is 2. The highest BCUT2D eigenvalue weighted by molar-refractivity contribution is 7.91. The number of anilines is 1. The summed E-state index contributed by atoms with van der Waals surface area (Å²) in [6, 6.07) is 5.79. The third-order valence-corrected chi connectivity index (χ3v) is 5.74. The molecule has 0 saturated carbocycles. The third kappa shape index (κ3) is 2.16. The van der Waals surface area contributed by atoms with Crippen LogP contribution in [0.5, 0.6) is 0 Å². The van der Waals surface area contributed by atoms with Gasteiger partial charge in [-0.2, -0.15) is 0 Å². The molecule has 1 amide bonds. The maximum Gasteiger partial charge on any atom is 0.227 e. The molecule has 2 aliphatic heterocycles. The van der Waals surface area contributed by atoms with Crippen molar-refractivity contribution in [1.29, 1.82) is 0 Å². The average molecular weight is 279 g/mol. The van der Waals surface area contributed by atoms with E-state index < -0.39 is 9.84 Å². The van der Waals surface area contributed by atoms with Crippen LogP contribution in [0.25, 0.3) is 0 Å². The molecule has 5 heteroatoms. The molecule has 2 fully saturated rings. The van der Waals surface area contributed by atoms with E-state index in [2.05, 4.69) is 0 Å². The summed E-state index contributed by atoms with van der Waals surface area (Å²) >= 11 is 0. The molecule has 2 unspecified atom stereocenters. The summed E-state index contributed by atoms with van der Waals surface area (Å²) in [7, 11) is -2.98. The highest BCUT2D eigenvalue weighted by Crippen LogP contribution is 2.37. The van der Waals surface area contributed by atoms with Crippen LogP contribution in [0.15, 0.2) is 18.2 Å². The van der Waals surface area contributed by atoms with Crippen molar-refractivity contribution >= 4 is 21.4 Å². The van der Waals surface area contributed by atoms with E-state index in [0.29, 0.717) is 6.42 Å². The van der Waals surface area contributed by atoms with Crippen LogP contribution in [0.3, 0.4) is 0 Å². The normalized spacial score (nSPS) is 28.7. The summed E-state index contributed by atoms with van der Waals surface area (Å²) in [6.07, 6.45) is 0.358. The molecule has 102 valence electrons. The fraction of sp³-hybridized carbons (Fsp3) is 0.500. The number of hydrogen-bond donors (Lipinski definition) is 0. The van der Waals surface area contributed by atoms with Gasteiger partial charge in [0.25, 0.3) is 0 Å². The van der Waals surface area contributed by atoms with Crippen LogP contribution >= 0.6 is 0 Å². The highest BCUT2D eigenvalue weighted by Gasteiger charge is 2.49. The topological polar surface area (TPSA) is 54.5 Å². The molecule has 2 heterocycles. The fourth-order valence-electron chi connectivity index (χ4n) is 3.31. The molecule has 0 radical (unpaired) electrons. The van der Waals surface area contributed by atoms with Gasteiger partial charge in [-0.3, -0.25) is 4.79 Å². The Hall–Kier alpha value is -1.36. The van der Waals surface area contributed by atoms with Crippen molar-refractivity contribution in [2.75, 3.05) is 16.4 Å². The Labute approximate surface area is 113 Å². The standard InChI is InChI=1S/C14H17NO3S/c1-9-3-10(2)5-12(4-9)15-13-8-19(17,18)7-11(13)6-14(15)16/h3-5,11,13H,6-8H2,1-2H3. The smallest absolute Gasteiger partial charge is 0.227 e. The molecule has 1 aromatic carbocycles. The van der Waals surface area contributed by atoms with Crippen molar-refractivity contribution < 1.29 is 13.2 Å². The lowest BCUT2D eigenvalue weighted by atomic mass is 10.0. The molecule has 0 spiro atoms. The summed E-state index contributed by atoms with van der Waals surface area (Å²) in [5.41, 5.74) is 3.02. The molecule has 2 atom stereocenters. The molecule has 4 nitrogen and oxygen atoms in total. The first kappa shape index (κ1) is 12.7. The first-order chi connectivity index (χ1) is 8.85. The second kappa shape index (κ2) is 4.07. The molecular weight excluding hydrogens is 262 g/mol. The van der Waals surface area contributed by atoms with Gasteiger partial charge in [-0.1, -0.05) is 6.07 Å². The van der Waals surface area contributed by atoms with Crippen LogP contribution in [-0.2, 0) is 14.6 Å². The zero-order chi connectivity index (χ0) is 13.8. The number of amides is 1. The predicted octanol–water partition coefficient (Wildman–Crippen LogP) is 1.45. The van der Waals surface area contributed by atoms with Crippen LogP contribution in [0.2, 0.25) is 0 Å². The zero-order valence-corrected chi connectivity index (χ0v) is 11.9. The number of benzene rings is 1. The van der Waals surface area contributed by atoms with Gasteiger partial charge in [0.05, 0.1) is 17.5 Å². The SMILES string of the molecule is Cc1cc(C)cc(N2C(=O)CC3CS(=O)(=O)CC32)c1. The molecule has 0 bridgehead atoms. The van der Waals surface area contributed by atoms with Gasteiger partial charge in [-0.15, -0.1) is 0 Å². The number of hydrogen-bond acceptors (Lipinski definition) is 3. The maximum absolute atomic E-state index is 12.2. The fourth-order valence-corrected chi connectivity index (χ4v) is 5.38. The Bertz CT molecular complexity index is 630. The second-order valence-electron chi connectivity index (χ2n) is 5.72. The van der Waals surface area contributed by atoms with Gasteiger partial charge in [0.15, 0.2) is 9.84 Å². The molecule has 0 aliphatic carbocycles. The molecule has 3 rings (SSSR count). The predicted molar refractivity (Wildman–Crippen MR) is 74.0 cm³/mol. The second-order valence-corrected chi connectivity index (χ2v) is 7.87. The summed E-state index contributed by atoms with van der Waals surface area (Å²) in [6.45, 7) is 3.97. The van der Waals surface area contributed by atoms with E-state index >= 15 is 0 Å². The highest BCUT2D eigenvalue weighted by atomic mass is 32.2. The van der Waals surface area contributed by atoms with Crippen molar-refractivity contribution in [3.05, 3.63) is 29.3 Å². The van der Waals surface area contributed by atoms with Crippen molar-refractivity contribution in [3.8, 4) is 0 Å². The molecule has 2 aliphatic rings. The average Bonchev–Trinajstić information content (AvgIpc) is 2.66. The summed E-state index contributed by atoms with van der Waals surface area (Å²) in [5, 5.41) is 0. The summed E-state index contributed by atoms with van der Waals surface area (Å²) < 4.78 is 23.4. The molecule has 0 aromatic heterocycles. The van der Waals surface area contributed by atoms with Gasteiger partial charge in [0, 0.05) is 18.0 Å². The van der Waals surface area contributed by atoms with Gasteiger partial charge in [0.1, 0.15) is 0 Å². The number of fused-ring (bicyclic) bond motifs is 1. The van der Waals surface area contributed by atoms with Crippen LogP contribution in [0.4, 0.5) is 5.69 Å². The maximum atomic E-state index is 12.2. The molecule has 19 heavy (non-hydrogen) atoms. The van der Waals surface area contributed by atoms with Crippen LogP contribution in [0, 0.1) is 19.8 Å². The Balaban J connectivity index is 2.02. The summed E-state index contributed by atoms with van der Waals surface area (Å²) in [4.78, 5) is 13.9. The van der Waals surface area contributed by atoms with Crippen molar-refractivity contribution in [1.82, 2.24) is 0 Å². The number of rotatable bonds is 1. The minimum atomic E-state index is -2.98. The Morgan fingerprint density at radius 3 is 2.37 bits per heavy atom. The van der Waals surface area contributed by atoms with E-state index in [9.17, 15) is 13.2 Å². The quantitative estimate of drug-likeness (QED) is 0.782. The van der Waals surface area contributed by atoms with E-state index in [1.165, 1.54) is 0 Å². The lowest BCUT2D eigenvalue weighted by Crippen LogP contribution is -2.36. The number of sulfone groups is 1. The minimum absolute atomic E-state index is 0.0293. The van der Waals surface area contributed by atoms with Gasteiger partial charge in [0.2, 0.25) is 5.91 Å². The first-order valence-electron chi connectivity index (χ1n) is 6.46. The van der Waals surface area contributed by atoms with Gasteiger partial charge in [-0.25, -0.2) is 8.42 Å². The monoisotopic (exact) mass is 279 g/mol. The van der Waals surface area contributed by atoms with Crippen LogP contribution < -0.4 is 4.90 Å². The Morgan fingerprint density at radius 2 is 1.74 bits per heavy atom. The summed E-state index contributed by atoms with van der Waals surface area (Å²) in [5.74, 6) is 0.286. The van der Waals surface area contributed by atoms with E-state index in [1.54, 1.807) is 4.90 Å². The van der Waals surface area contributed by atoms with E-state index in [4.69, 9.17) is 0 Å². The molecular formula is C14H17NO3S. The van der Waals surface area contributed by atoms with Gasteiger partial charge >= 0.3 is 0 Å². The van der Waals surface area contributed by atoms with Crippen molar-refractivity contribution in [3.63, 3.8) is 0 Å². The Morgan fingerprint density at radius 1 is 1.11 bits per heavy atom. The minimum Gasteiger partial charge on any atom is -0.308 e. The number of carbonyl (C=O) groups excluding carboxylic acids is 1. The first-order valence-corrected chi connectivity index (χ1v) is 8.29. The van der Waals surface area contributed by atoms with E-state index in [-0.39, 0.29) is 29.4 Å². The Kier molecular flexibility index (Phi) is 2.71. The largest absolute Gasteiger partial charge is 0.308 e. The molecule has 2 saturated heterocycles. The van der Waals surface area contributed by atoms with Crippen molar-refractivity contribution in [2.45, 2.75) is 26.3 Å². The van der Waals surface area contributed by atoms with Crippen LogP contribution in [0.1, 0.15) is 17.5 Å². The third-order valence-electron chi connectivity index (χ3n) is 3.96. The zero-order valence-electron chi connectivity index (χ0n) is 11.1. The lowest BCUT2D eigenvalue weighted by molar-refractivity contribution is -0.117. The molecule has 1 aromatic rings. The molecule has 0 N–H and O–H groups in total. The number of carbonyl (C=O) groups is 1. The van der Waals surface area contributed by atoms with E-state index in [1.807, 2.05) is 32.0 Å². The van der Waals surface area contributed by atoms with E-state index in [0.717, 1.165) is 16.8 Å². The van der Waals surface area contributed by atoms with Crippen molar-refractivity contribution in [2.24, 2.45) is 5.92 Å². The van der Waals surface area contributed by atoms with Gasteiger partial charge in [-0.05, 0) is 37.1 Å². The lowest BCUT2D eigenvalue weighted by Gasteiger charge is -2.24. The van der Waals surface area contributed by atoms with Crippen LogP contribution in [-0.4, -0.2) is 31.9 Å². The number of nitrogens with zero attached hydrogens (tertiary/aromatic N) is 1.